The van der Waals surface area contributed by atoms with Crippen molar-refractivity contribution in [2.75, 3.05) is 19.6 Å². The van der Waals surface area contributed by atoms with Gasteiger partial charge < -0.3 is 9.80 Å². The van der Waals surface area contributed by atoms with Crippen LogP contribution in [0.1, 0.15) is 72.6 Å². The summed E-state index contributed by atoms with van der Waals surface area (Å²) in [4.78, 5) is 29.7. The number of amides is 2. The largest absolute Gasteiger partial charge is 0.337 e. The number of benzene rings is 1. The van der Waals surface area contributed by atoms with Crippen molar-refractivity contribution >= 4 is 33.4 Å². The average Bonchev–Trinajstić information content (AvgIpc) is 2.81. The van der Waals surface area contributed by atoms with E-state index >= 15 is 0 Å². The van der Waals surface area contributed by atoms with Crippen LogP contribution in [0, 0.1) is 5.92 Å². The summed E-state index contributed by atoms with van der Waals surface area (Å²) >= 11 is 5.88. The minimum atomic E-state index is -3.89. The Kier molecular flexibility index (Phi) is 11.3. The van der Waals surface area contributed by atoms with Crippen LogP contribution in [-0.2, 0) is 19.6 Å². The van der Waals surface area contributed by atoms with Gasteiger partial charge in [0.25, 0.3) is 0 Å². The topological polar surface area (TPSA) is 86.8 Å². The van der Waals surface area contributed by atoms with E-state index in [1.807, 2.05) is 25.7 Å². The van der Waals surface area contributed by atoms with Gasteiger partial charge in [-0.05, 0) is 43.5 Å². The third-order valence-electron chi connectivity index (χ3n) is 6.64. The van der Waals surface area contributed by atoms with Crippen molar-refractivity contribution in [1.29, 1.82) is 0 Å². The predicted octanol–water partition coefficient (Wildman–Crippen LogP) is 4.45. The number of unbranched alkanes of at least 4 members (excludes halogenated alkanes) is 4. The summed E-state index contributed by atoms with van der Waals surface area (Å²) in [5.74, 6) is -0.295. The number of nitrogens with zero attached hydrogens (tertiary/aromatic N) is 2. The highest BCUT2D eigenvalue weighted by Gasteiger charge is 2.36. The van der Waals surface area contributed by atoms with Crippen LogP contribution in [0.4, 0.5) is 0 Å². The van der Waals surface area contributed by atoms with Gasteiger partial charge in [0.2, 0.25) is 21.8 Å². The van der Waals surface area contributed by atoms with Gasteiger partial charge in [0.1, 0.15) is 6.04 Å². The van der Waals surface area contributed by atoms with Crippen LogP contribution in [0.5, 0.6) is 0 Å². The molecule has 1 N–H and O–H groups in total. The molecular formula is C25H40ClN3O4S. The zero-order valence-corrected chi connectivity index (χ0v) is 22.5. The van der Waals surface area contributed by atoms with Crippen LogP contribution in [0.15, 0.2) is 29.2 Å². The first kappa shape index (κ1) is 28.6. The van der Waals surface area contributed by atoms with Crippen molar-refractivity contribution in [1.82, 2.24) is 14.5 Å². The molecule has 0 aliphatic carbocycles. The fourth-order valence-electron chi connectivity index (χ4n) is 4.24. The van der Waals surface area contributed by atoms with E-state index in [1.165, 1.54) is 37.1 Å². The van der Waals surface area contributed by atoms with Crippen molar-refractivity contribution in [2.45, 2.75) is 89.6 Å². The molecule has 1 aromatic carbocycles. The van der Waals surface area contributed by atoms with Crippen molar-refractivity contribution < 1.29 is 18.0 Å². The molecule has 2 rings (SSSR count). The lowest BCUT2D eigenvalue weighted by atomic mass is 9.98. The molecule has 9 heteroatoms. The van der Waals surface area contributed by atoms with E-state index in [4.69, 9.17) is 11.6 Å². The van der Waals surface area contributed by atoms with Gasteiger partial charge in [-0.15, -0.1) is 0 Å². The number of rotatable bonds is 12. The molecule has 192 valence electrons. The Hall–Kier alpha value is -1.64. The number of piperazine rings is 1. The maximum Gasteiger partial charge on any atom is 0.241 e. The van der Waals surface area contributed by atoms with Crippen LogP contribution in [-0.4, -0.2) is 61.7 Å². The smallest absolute Gasteiger partial charge is 0.241 e. The molecule has 34 heavy (non-hydrogen) atoms. The van der Waals surface area contributed by atoms with E-state index in [0.29, 0.717) is 37.5 Å². The van der Waals surface area contributed by atoms with Gasteiger partial charge in [0, 0.05) is 37.1 Å². The Morgan fingerprint density at radius 2 is 1.74 bits per heavy atom. The normalized spacial score (nSPS) is 18.6. The molecule has 3 unspecified atom stereocenters. The molecule has 0 bridgehead atoms. The number of sulfonamides is 1. The predicted molar refractivity (Wildman–Crippen MR) is 136 cm³/mol. The first-order valence-electron chi connectivity index (χ1n) is 12.5. The van der Waals surface area contributed by atoms with Crippen LogP contribution in [0.3, 0.4) is 0 Å². The van der Waals surface area contributed by atoms with Crippen molar-refractivity contribution in [2.24, 2.45) is 5.92 Å². The lowest BCUT2D eigenvalue weighted by molar-refractivity contribution is -0.144. The van der Waals surface area contributed by atoms with E-state index in [1.54, 1.807) is 4.90 Å². The summed E-state index contributed by atoms with van der Waals surface area (Å²) in [6.45, 7) is 9.19. The summed E-state index contributed by atoms with van der Waals surface area (Å²) in [6.07, 6.45) is 6.68. The van der Waals surface area contributed by atoms with Crippen molar-refractivity contribution in [3.05, 3.63) is 29.3 Å². The van der Waals surface area contributed by atoms with Crippen molar-refractivity contribution in [3.63, 3.8) is 0 Å². The first-order chi connectivity index (χ1) is 16.1. The quantitative estimate of drug-likeness (QED) is 0.418. The first-order valence-corrected chi connectivity index (χ1v) is 14.3. The highest BCUT2D eigenvalue weighted by molar-refractivity contribution is 7.89. The fraction of sp³-hybridized carbons (Fsp3) is 0.680. The molecule has 0 spiro atoms. The van der Waals surface area contributed by atoms with Gasteiger partial charge >= 0.3 is 0 Å². The number of carbonyl (C=O) groups is 2. The summed E-state index contributed by atoms with van der Waals surface area (Å²) in [5.41, 5.74) is 0. The molecule has 1 saturated heterocycles. The number of carbonyl (C=O) groups excluding carboxylic acids is 2. The van der Waals surface area contributed by atoms with Gasteiger partial charge in [-0.1, -0.05) is 64.5 Å². The fourth-order valence-corrected chi connectivity index (χ4v) is 5.67. The molecule has 1 aromatic rings. The van der Waals surface area contributed by atoms with Crippen LogP contribution in [0.2, 0.25) is 5.02 Å². The summed E-state index contributed by atoms with van der Waals surface area (Å²) in [7, 11) is -3.89. The summed E-state index contributed by atoms with van der Waals surface area (Å²) < 4.78 is 28.5. The zero-order chi connectivity index (χ0) is 25.3. The van der Waals surface area contributed by atoms with Gasteiger partial charge in [-0.3, -0.25) is 9.59 Å². The Labute approximate surface area is 210 Å². The van der Waals surface area contributed by atoms with Crippen LogP contribution >= 0.6 is 11.6 Å². The number of hydrogen-bond acceptors (Lipinski definition) is 4. The maximum atomic E-state index is 13.4. The molecule has 1 aliphatic rings. The highest BCUT2D eigenvalue weighted by atomic mass is 35.5. The van der Waals surface area contributed by atoms with Crippen LogP contribution < -0.4 is 4.72 Å². The Morgan fingerprint density at radius 3 is 2.32 bits per heavy atom. The van der Waals surface area contributed by atoms with E-state index in [-0.39, 0.29) is 28.7 Å². The third-order valence-corrected chi connectivity index (χ3v) is 8.35. The minimum Gasteiger partial charge on any atom is -0.337 e. The highest BCUT2D eigenvalue weighted by Crippen LogP contribution is 2.20. The van der Waals surface area contributed by atoms with Gasteiger partial charge in [-0.2, -0.15) is 4.72 Å². The van der Waals surface area contributed by atoms with Gasteiger partial charge in [0.05, 0.1) is 4.90 Å². The Balaban J connectivity index is 2.02. The number of hydrogen-bond donors (Lipinski definition) is 1. The van der Waals surface area contributed by atoms with Gasteiger partial charge in [-0.25, -0.2) is 8.42 Å². The number of halogens is 1. The standard InChI is InChI=1S/C25H40ClN3O4S/c1-5-7-8-9-10-11-23(30)29-17-16-28(18-20(29)4)25(31)24(19(3)6-2)27-34(32,33)22-14-12-21(26)13-15-22/h12-15,19-20,24,27H,5-11,16-18H2,1-4H3. The lowest BCUT2D eigenvalue weighted by Gasteiger charge is -2.41. The summed E-state index contributed by atoms with van der Waals surface area (Å²) in [6, 6.07) is 4.90. The van der Waals surface area contributed by atoms with E-state index in [2.05, 4.69) is 11.6 Å². The molecule has 1 aliphatic heterocycles. The molecule has 7 nitrogen and oxygen atoms in total. The second kappa shape index (κ2) is 13.4. The SMILES string of the molecule is CCCCCCCC(=O)N1CCN(C(=O)C(NS(=O)(=O)c2ccc(Cl)cc2)C(C)CC)CC1C. The molecule has 2 amide bonds. The molecule has 0 aromatic heterocycles. The maximum absolute atomic E-state index is 13.4. The average molecular weight is 514 g/mol. The molecule has 1 heterocycles. The molecule has 0 saturated carbocycles. The second-order valence-electron chi connectivity index (χ2n) is 9.32. The Bertz CT molecular complexity index is 907. The third kappa shape index (κ3) is 7.95. The van der Waals surface area contributed by atoms with Gasteiger partial charge in [0.15, 0.2) is 0 Å². The lowest BCUT2D eigenvalue weighted by Crippen LogP contribution is -2.60. The molecule has 0 radical (unpaired) electrons. The van der Waals surface area contributed by atoms with Crippen molar-refractivity contribution in [3.8, 4) is 0 Å². The zero-order valence-electron chi connectivity index (χ0n) is 20.9. The Morgan fingerprint density at radius 1 is 1.09 bits per heavy atom. The number of nitrogens with one attached hydrogen (secondary N) is 1. The van der Waals surface area contributed by atoms with E-state index in [0.717, 1.165) is 19.3 Å². The minimum absolute atomic E-state index is 0.0701. The van der Waals surface area contributed by atoms with E-state index < -0.39 is 16.1 Å². The monoisotopic (exact) mass is 513 g/mol. The second-order valence-corrected chi connectivity index (χ2v) is 11.5. The summed E-state index contributed by atoms with van der Waals surface area (Å²) in [5, 5.41) is 0.441. The molecule has 3 atom stereocenters. The molecular weight excluding hydrogens is 474 g/mol. The van der Waals surface area contributed by atoms with Crippen LogP contribution in [0.25, 0.3) is 0 Å². The molecule has 1 fully saturated rings. The van der Waals surface area contributed by atoms with E-state index in [9.17, 15) is 18.0 Å².